The number of hydrogen-bond donors (Lipinski definition) is 1. The fraction of sp³-hybridized carbons (Fsp3) is 0.478. The van der Waals surface area contributed by atoms with E-state index in [2.05, 4.69) is 37.4 Å². The Labute approximate surface area is 161 Å². The van der Waals surface area contributed by atoms with Crippen LogP contribution in [-0.2, 0) is 14.3 Å². The first-order valence-electron chi connectivity index (χ1n) is 9.62. The van der Waals surface area contributed by atoms with Crippen LogP contribution in [0.5, 0.6) is 0 Å². The topological polar surface area (TPSA) is 55.4 Å². The Balaban J connectivity index is 2.23. The molecule has 0 aromatic heterocycles. The molecule has 1 aromatic carbocycles. The number of carbonyl (C=O) groups excluding carboxylic acids is 2. The molecule has 0 saturated carbocycles. The summed E-state index contributed by atoms with van der Waals surface area (Å²) in [7, 11) is 0. The molecule has 1 heterocycles. The first-order valence-corrected chi connectivity index (χ1v) is 9.62. The van der Waals surface area contributed by atoms with Gasteiger partial charge in [-0.2, -0.15) is 0 Å². The van der Waals surface area contributed by atoms with E-state index < -0.39 is 0 Å². The smallest absolute Gasteiger partial charge is 0.336 e. The van der Waals surface area contributed by atoms with Gasteiger partial charge in [-0.3, -0.25) is 4.79 Å². The van der Waals surface area contributed by atoms with Gasteiger partial charge in [-0.25, -0.2) is 4.79 Å². The molecule has 3 rings (SSSR count). The molecule has 1 aliphatic heterocycles. The van der Waals surface area contributed by atoms with Crippen molar-refractivity contribution in [2.75, 3.05) is 6.61 Å². The van der Waals surface area contributed by atoms with Gasteiger partial charge in [0.2, 0.25) is 0 Å². The summed E-state index contributed by atoms with van der Waals surface area (Å²) in [6, 6.07) is 6.21. The van der Waals surface area contributed by atoms with E-state index in [1.165, 1.54) is 0 Å². The largest absolute Gasteiger partial charge is 0.463 e. The van der Waals surface area contributed by atoms with Gasteiger partial charge in [-0.1, -0.05) is 43.7 Å². The molecular weight excluding hydrogens is 338 g/mol. The molecule has 1 N–H and O–H groups in total. The Morgan fingerprint density at radius 2 is 1.93 bits per heavy atom. The Bertz CT molecular complexity index is 860. The van der Waals surface area contributed by atoms with E-state index >= 15 is 0 Å². The van der Waals surface area contributed by atoms with Gasteiger partial charge >= 0.3 is 5.97 Å². The van der Waals surface area contributed by atoms with Crippen LogP contribution in [0.4, 0.5) is 0 Å². The number of aryl methyl sites for hydroxylation is 2. The number of esters is 1. The summed E-state index contributed by atoms with van der Waals surface area (Å²) in [4.78, 5) is 26.0. The van der Waals surface area contributed by atoms with Gasteiger partial charge in [0, 0.05) is 23.7 Å². The third-order valence-corrected chi connectivity index (χ3v) is 5.49. The maximum atomic E-state index is 13.2. The highest BCUT2D eigenvalue weighted by molar-refractivity contribution is 5.96. The van der Waals surface area contributed by atoms with Crippen molar-refractivity contribution in [1.82, 2.24) is 5.32 Å². The zero-order valence-corrected chi connectivity index (χ0v) is 17.1. The number of allylic oxidation sites excluding steroid dienone is 3. The van der Waals surface area contributed by atoms with Crippen molar-refractivity contribution in [3.63, 3.8) is 0 Å². The van der Waals surface area contributed by atoms with Crippen molar-refractivity contribution in [1.29, 1.82) is 0 Å². The van der Waals surface area contributed by atoms with E-state index in [4.69, 9.17) is 4.74 Å². The minimum absolute atomic E-state index is 0.171. The third kappa shape index (κ3) is 3.58. The molecule has 27 heavy (non-hydrogen) atoms. The van der Waals surface area contributed by atoms with Crippen LogP contribution in [0, 0.1) is 25.2 Å². The van der Waals surface area contributed by atoms with Crippen LogP contribution >= 0.6 is 0 Å². The molecule has 4 nitrogen and oxygen atoms in total. The van der Waals surface area contributed by atoms with Crippen LogP contribution in [0.25, 0.3) is 0 Å². The lowest BCUT2D eigenvalue weighted by molar-refractivity contribution is -0.139. The summed E-state index contributed by atoms with van der Waals surface area (Å²) in [6.45, 7) is 12.2. The number of benzene rings is 1. The summed E-state index contributed by atoms with van der Waals surface area (Å²) >= 11 is 0. The molecule has 2 atom stereocenters. The van der Waals surface area contributed by atoms with E-state index in [1.54, 1.807) is 6.92 Å². The molecule has 0 bridgehead atoms. The summed E-state index contributed by atoms with van der Waals surface area (Å²) < 4.78 is 5.36. The fourth-order valence-electron chi connectivity index (χ4n) is 4.46. The molecule has 0 amide bonds. The van der Waals surface area contributed by atoms with E-state index in [9.17, 15) is 9.59 Å². The summed E-state index contributed by atoms with van der Waals surface area (Å²) in [6.07, 6.45) is 2.63. The van der Waals surface area contributed by atoms with Crippen molar-refractivity contribution in [2.45, 2.75) is 53.9 Å². The molecule has 144 valence electrons. The molecule has 0 saturated heterocycles. The lowest BCUT2D eigenvalue weighted by atomic mass is 9.66. The molecule has 2 unspecified atom stereocenters. The minimum atomic E-state index is -0.373. The molecule has 0 spiro atoms. The monoisotopic (exact) mass is 367 g/mol. The predicted octanol–water partition coefficient (Wildman–Crippen LogP) is 4.33. The van der Waals surface area contributed by atoms with Gasteiger partial charge in [0.15, 0.2) is 0 Å². The highest BCUT2D eigenvalue weighted by Crippen LogP contribution is 2.47. The second-order valence-electron chi connectivity index (χ2n) is 8.43. The molecule has 2 aliphatic rings. The van der Waals surface area contributed by atoms with Crippen LogP contribution < -0.4 is 5.32 Å². The first kappa shape index (κ1) is 19.4. The lowest BCUT2D eigenvalue weighted by Gasteiger charge is -2.41. The van der Waals surface area contributed by atoms with E-state index in [1.807, 2.05) is 26.8 Å². The second kappa shape index (κ2) is 6.99. The molecular formula is C23H29NO3. The molecule has 0 fully saturated rings. The van der Waals surface area contributed by atoms with E-state index in [-0.39, 0.29) is 29.0 Å². The maximum Gasteiger partial charge on any atom is 0.336 e. The summed E-state index contributed by atoms with van der Waals surface area (Å²) in [5, 5.41) is 3.34. The third-order valence-electron chi connectivity index (χ3n) is 5.49. The van der Waals surface area contributed by atoms with Crippen LogP contribution in [0.3, 0.4) is 0 Å². The van der Waals surface area contributed by atoms with Gasteiger partial charge in [0.05, 0.1) is 18.1 Å². The fourth-order valence-corrected chi connectivity index (χ4v) is 4.46. The van der Waals surface area contributed by atoms with Gasteiger partial charge in [0.1, 0.15) is 5.78 Å². The Morgan fingerprint density at radius 1 is 1.22 bits per heavy atom. The molecule has 4 heteroatoms. The first-order chi connectivity index (χ1) is 12.6. The average Bonchev–Trinajstić information content (AvgIpc) is 2.52. The van der Waals surface area contributed by atoms with Gasteiger partial charge < -0.3 is 10.1 Å². The van der Waals surface area contributed by atoms with Crippen molar-refractivity contribution in [3.8, 4) is 0 Å². The lowest BCUT2D eigenvalue weighted by Crippen LogP contribution is -2.43. The second-order valence-corrected chi connectivity index (χ2v) is 8.43. The van der Waals surface area contributed by atoms with Gasteiger partial charge in [-0.15, -0.1) is 0 Å². The Kier molecular flexibility index (Phi) is 5.02. The van der Waals surface area contributed by atoms with Crippen LogP contribution in [0.2, 0.25) is 0 Å². The molecule has 0 radical (unpaired) electrons. The van der Waals surface area contributed by atoms with Crippen LogP contribution in [-0.4, -0.2) is 18.4 Å². The summed E-state index contributed by atoms with van der Waals surface area (Å²) in [5.41, 5.74) is 5.33. The SMILES string of the molecule is CCOC(=O)C1=C(C)NC2=CC(C)(C)CC(=O)C2C1c1ccc(C)cc1C. The van der Waals surface area contributed by atoms with Crippen molar-refractivity contribution in [3.05, 3.63) is 57.9 Å². The number of fused-ring (bicyclic) bond motifs is 1. The zero-order valence-electron chi connectivity index (χ0n) is 17.1. The zero-order chi connectivity index (χ0) is 19.9. The number of nitrogens with one attached hydrogen (secondary N) is 1. The minimum Gasteiger partial charge on any atom is -0.463 e. The number of carbonyl (C=O) groups is 2. The average molecular weight is 367 g/mol. The Morgan fingerprint density at radius 3 is 2.56 bits per heavy atom. The van der Waals surface area contributed by atoms with E-state index in [0.29, 0.717) is 18.6 Å². The quantitative estimate of drug-likeness (QED) is 0.808. The van der Waals surface area contributed by atoms with Gasteiger partial charge in [-0.05, 0) is 44.2 Å². The standard InChI is InChI=1S/C23H29NO3/c1-7-27-22(26)19-15(4)24-17-11-23(5,6)12-18(25)21(17)20(19)16-9-8-13(2)10-14(16)3/h8-11,20-21,24H,7,12H2,1-6H3. The molecule has 1 aromatic rings. The predicted molar refractivity (Wildman–Crippen MR) is 106 cm³/mol. The number of ether oxygens (including phenoxy) is 1. The van der Waals surface area contributed by atoms with Crippen molar-refractivity contribution < 1.29 is 14.3 Å². The number of rotatable bonds is 3. The Hall–Kier alpha value is -2.36. The molecule has 1 aliphatic carbocycles. The normalized spacial score (nSPS) is 24.1. The number of hydrogen-bond acceptors (Lipinski definition) is 4. The highest BCUT2D eigenvalue weighted by Gasteiger charge is 2.46. The van der Waals surface area contributed by atoms with Crippen molar-refractivity contribution in [2.24, 2.45) is 11.3 Å². The number of ketones is 1. The van der Waals surface area contributed by atoms with Crippen LogP contribution in [0.1, 0.15) is 56.7 Å². The van der Waals surface area contributed by atoms with Crippen molar-refractivity contribution >= 4 is 11.8 Å². The number of Topliss-reactive ketones (excluding diaryl/α,β-unsaturated/α-hetero) is 1. The summed E-state index contributed by atoms with van der Waals surface area (Å²) in [5.74, 6) is -0.864. The highest BCUT2D eigenvalue weighted by atomic mass is 16.5. The van der Waals surface area contributed by atoms with E-state index in [0.717, 1.165) is 28.1 Å². The maximum absolute atomic E-state index is 13.2. The van der Waals surface area contributed by atoms with Gasteiger partial charge in [0.25, 0.3) is 0 Å². The van der Waals surface area contributed by atoms with Crippen LogP contribution in [0.15, 0.2) is 41.2 Å².